The molecule has 0 atom stereocenters. The van der Waals surface area contributed by atoms with E-state index in [9.17, 15) is 0 Å². The maximum absolute atomic E-state index is 4.33. The number of pyridine rings is 1. The molecule has 0 amide bonds. The van der Waals surface area contributed by atoms with Crippen molar-refractivity contribution in [3.8, 4) is 22.5 Å². The van der Waals surface area contributed by atoms with E-state index in [-0.39, 0.29) is 0 Å². The second-order valence-corrected chi connectivity index (χ2v) is 4.74. The van der Waals surface area contributed by atoms with Crippen LogP contribution in [-0.2, 0) is 0 Å². The topological polar surface area (TPSA) is 41.6 Å². The van der Waals surface area contributed by atoms with Crippen molar-refractivity contribution in [3.63, 3.8) is 0 Å². The van der Waals surface area contributed by atoms with Crippen molar-refractivity contribution in [2.24, 2.45) is 0 Å². The zero-order valence-corrected chi connectivity index (χ0v) is 11.1. The molecule has 2 aromatic heterocycles. The van der Waals surface area contributed by atoms with Crippen molar-refractivity contribution in [1.82, 2.24) is 15.2 Å². The molecule has 18 heavy (non-hydrogen) atoms. The Morgan fingerprint density at radius 2 is 1.89 bits per heavy atom. The summed E-state index contributed by atoms with van der Waals surface area (Å²) in [5.41, 5.74) is 3.99. The van der Waals surface area contributed by atoms with E-state index in [0.717, 1.165) is 27.0 Å². The number of aromatic nitrogens is 3. The zero-order valence-electron chi connectivity index (χ0n) is 9.47. The molecule has 3 aromatic rings. The Kier molecular flexibility index (Phi) is 2.94. The first-order valence-electron chi connectivity index (χ1n) is 5.55. The quantitative estimate of drug-likeness (QED) is 0.780. The Hall–Kier alpha value is -1.94. The van der Waals surface area contributed by atoms with Gasteiger partial charge in [-0.05, 0) is 28.1 Å². The number of hydrogen-bond donors (Lipinski definition) is 1. The second-order valence-electron chi connectivity index (χ2n) is 3.89. The Morgan fingerprint density at radius 3 is 2.67 bits per heavy atom. The van der Waals surface area contributed by atoms with Gasteiger partial charge in [0.25, 0.3) is 0 Å². The lowest BCUT2D eigenvalue weighted by molar-refractivity contribution is 1.10. The fourth-order valence-electron chi connectivity index (χ4n) is 1.79. The van der Waals surface area contributed by atoms with E-state index in [0.29, 0.717) is 0 Å². The third kappa shape index (κ3) is 2.07. The zero-order chi connectivity index (χ0) is 12.4. The van der Waals surface area contributed by atoms with E-state index in [1.165, 1.54) is 0 Å². The number of hydrogen-bond acceptors (Lipinski definition) is 2. The molecule has 0 aliphatic carbocycles. The van der Waals surface area contributed by atoms with Gasteiger partial charge in [0.15, 0.2) is 0 Å². The van der Waals surface area contributed by atoms with E-state index in [1.54, 1.807) is 6.20 Å². The van der Waals surface area contributed by atoms with Crippen molar-refractivity contribution in [3.05, 3.63) is 59.3 Å². The smallest absolute Gasteiger partial charge is 0.0927 e. The van der Waals surface area contributed by atoms with Crippen molar-refractivity contribution < 1.29 is 0 Å². The van der Waals surface area contributed by atoms with Crippen LogP contribution in [0, 0.1) is 0 Å². The highest BCUT2D eigenvalue weighted by Gasteiger charge is 2.08. The average molecular weight is 300 g/mol. The molecule has 88 valence electrons. The van der Waals surface area contributed by atoms with Gasteiger partial charge in [-0.1, -0.05) is 30.3 Å². The molecule has 1 aromatic carbocycles. The molecule has 0 saturated carbocycles. The minimum Gasteiger partial charge on any atom is -0.277 e. The molecule has 1 N–H and O–H groups in total. The number of halogens is 1. The number of aromatic amines is 1. The van der Waals surface area contributed by atoms with Gasteiger partial charge in [0.05, 0.1) is 11.4 Å². The van der Waals surface area contributed by atoms with Crippen molar-refractivity contribution in [2.45, 2.75) is 0 Å². The third-order valence-electron chi connectivity index (χ3n) is 2.71. The average Bonchev–Trinajstić information content (AvgIpc) is 2.90. The number of nitrogens with zero attached hydrogens (tertiary/aromatic N) is 2. The molecule has 0 saturated heterocycles. The molecule has 3 nitrogen and oxygen atoms in total. The lowest BCUT2D eigenvalue weighted by Crippen LogP contribution is -1.81. The predicted molar refractivity (Wildman–Crippen MR) is 75.0 cm³/mol. The highest BCUT2D eigenvalue weighted by Crippen LogP contribution is 2.28. The Labute approximate surface area is 113 Å². The van der Waals surface area contributed by atoms with E-state index in [2.05, 4.69) is 31.1 Å². The first kappa shape index (κ1) is 11.2. The summed E-state index contributed by atoms with van der Waals surface area (Å²) in [6.45, 7) is 0. The summed E-state index contributed by atoms with van der Waals surface area (Å²) >= 11 is 3.51. The van der Waals surface area contributed by atoms with Crippen molar-refractivity contribution >= 4 is 15.9 Å². The lowest BCUT2D eigenvalue weighted by atomic mass is 10.1. The fraction of sp³-hybridized carbons (Fsp3) is 0. The van der Waals surface area contributed by atoms with Crippen LogP contribution in [-0.4, -0.2) is 15.2 Å². The molecule has 3 rings (SSSR count). The highest BCUT2D eigenvalue weighted by atomic mass is 79.9. The normalized spacial score (nSPS) is 10.5. The summed E-state index contributed by atoms with van der Waals surface area (Å²) in [4.78, 5) is 4.13. The standard InChI is InChI=1S/C14H10BrN3/c15-12-6-7-16-9-11(12)14-8-13(17-18-14)10-4-2-1-3-5-10/h1-9H,(H,17,18). The first-order valence-corrected chi connectivity index (χ1v) is 6.34. The Bertz CT molecular complexity index is 662. The summed E-state index contributed by atoms with van der Waals surface area (Å²) in [6.07, 6.45) is 3.56. The summed E-state index contributed by atoms with van der Waals surface area (Å²) in [5, 5.41) is 7.37. The predicted octanol–water partition coefficient (Wildman–Crippen LogP) is 3.90. The number of H-pyrrole nitrogens is 1. The monoisotopic (exact) mass is 299 g/mol. The molecular weight excluding hydrogens is 290 g/mol. The summed E-state index contributed by atoms with van der Waals surface area (Å²) < 4.78 is 1.00. The maximum atomic E-state index is 4.33. The van der Waals surface area contributed by atoms with Gasteiger partial charge >= 0.3 is 0 Å². The molecular formula is C14H10BrN3. The van der Waals surface area contributed by atoms with Gasteiger partial charge < -0.3 is 0 Å². The van der Waals surface area contributed by atoms with Gasteiger partial charge in [-0.2, -0.15) is 5.10 Å². The SMILES string of the molecule is Brc1ccncc1-c1cc(-c2ccccc2)n[nH]1. The van der Waals surface area contributed by atoms with Crippen LogP contribution in [0.5, 0.6) is 0 Å². The van der Waals surface area contributed by atoms with Crippen LogP contribution >= 0.6 is 15.9 Å². The van der Waals surface area contributed by atoms with Crippen LogP contribution in [0.25, 0.3) is 22.5 Å². The summed E-state index contributed by atoms with van der Waals surface area (Å²) in [5.74, 6) is 0. The molecule has 0 aliphatic heterocycles. The van der Waals surface area contributed by atoms with Crippen LogP contribution in [0.1, 0.15) is 0 Å². The number of nitrogens with one attached hydrogen (secondary N) is 1. The molecule has 0 fully saturated rings. The number of rotatable bonds is 2. The van der Waals surface area contributed by atoms with Gasteiger partial charge in [0, 0.05) is 28.0 Å². The molecule has 0 unspecified atom stereocenters. The highest BCUT2D eigenvalue weighted by molar-refractivity contribution is 9.10. The molecule has 0 spiro atoms. The first-order chi connectivity index (χ1) is 8.84. The summed E-state index contributed by atoms with van der Waals surface area (Å²) in [7, 11) is 0. The molecule has 4 heteroatoms. The molecule has 2 heterocycles. The molecule has 0 aliphatic rings. The largest absolute Gasteiger partial charge is 0.277 e. The van der Waals surface area contributed by atoms with E-state index >= 15 is 0 Å². The number of benzene rings is 1. The Balaban J connectivity index is 2.03. The summed E-state index contributed by atoms with van der Waals surface area (Å²) in [6, 6.07) is 14.0. The van der Waals surface area contributed by atoms with Gasteiger partial charge in [-0.25, -0.2) is 0 Å². The lowest BCUT2D eigenvalue weighted by Gasteiger charge is -1.98. The van der Waals surface area contributed by atoms with Crippen molar-refractivity contribution in [1.29, 1.82) is 0 Å². The van der Waals surface area contributed by atoms with Crippen LogP contribution < -0.4 is 0 Å². The van der Waals surface area contributed by atoms with E-state index in [4.69, 9.17) is 0 Å². The van der Waals surface area contributed by atoms with E-state index in [1.807, 2.05) is 48.7 Å². The second kappa shape index (κ2) is 4.74. The van der Waals surface area contributed by atoms with E-state index < -0.39 is 0 Å². The van der Waals surface area contributed by atoms with Crippen molar-refractivity contribution in [2.75, 3.05) is 0 Å². The minimum atomic E-state index is 0.932. The van der Waals surface area contributed by atoms with Gasteiger partial charge in [0.1, 0.15) is 0 Å². The fourth-order valence-corrected chi connectivity index (χ4v) is 2.23. The van der Waals surface area contributed by atoms with Gasteiger partial charge in [0.2, 0.25) is 0 Å². The molecule has 0 radical (unpaired) electrons. The van der Waals surface area contributed by atoms with Crippen LogP contribution in [0.4, 0.5) is 0 Å². The van der Waals surface area contributed by atoms with Crippen LogP contribution in [0.15, 0.2) is 59.3 Å². The molecule has 0 bridgehead atoms. The van der Waals surface area contributed by atoms with Crippen LogP contribution in [0.2, 0.25) is 0 Å². The van der Waals surface area contributed by atoms with Gasteiger partial charge in [-0.15, -0.1) is 0 Å². The third-order valence-corrected chi connectivity index (χ3v) is 3.40. The van der Waals surface area contributed by atoms with Crippen LogP contribution in [0.3, 0.4) is 0 Å². The maximum Gasteiger partial charge on any atom is 0.0927 e. The Morgan fingerprint density at radius 1 is 1.06 bits per heavy atom. The van der Waals surface area contributed by atoms with Gasteiger partial charge in [-0.3, -0.25) is 10.1 Å². The minimum absolute atomic E-state index is 0.932.